The van der Waals surface area contributed by atoms with Crippen LogP contribution in [0.3, 0.4) is 0 Å². The molecule has 1 unspecified atom stereocenters. The number of carboxylic acid groups (broad SMARTS) is 1. The third-order valence-corrected chi connectivity index (χ3v) is 2.95. The Bertz CT molecular complexity index is 581. The first-order chi connectivity index (χ1) is 8.61. The van der Waals surface area contributed by atoms with Gasteiger partial charge in [-0.05, 0) is 25.5 Å². The van der Waals surface area contributed by atoms with Crippen LogP contribution in [-0.2, 0) is 0 Å². The average Bonchev–Trinajstić information content (AvgIpc) is 2.37. The van der Waals surface area contributed by atoms with Gasteiger partial charge in [-0.1, -0.05) is 25.1 Å². The number of anilines is 1. The Balaban J connectivity index is 2.54. The van der Waals surface area contributed by atoms with Gasteiger partial charge in [-0.15, -0.1) is 0 Å². The lowest BCUT2D eigenvalue weighted by atomic mass is 10.1. The van der Waals surface area contributed by atoms with E-state index in [1.807, 2.05) is 25.1 Å². The van der Waals surface area contributed by atoms with Gasteiger partial charge in [0.15, 0.2) is 0 Å². The first-order valence-electron chi connectivity index (χ1n) is 6.01. The lowest BCUT2D eigenvalue weighted by molar-refractivity contribution is 0.0699. The molecule has 0 aliphatic rings. The number of benzene rings is 1. The van der Waals surface area contributed by atoms with E-state index >= 15 is 0 Å². The third-order valence-electron chi connectivity index (χ3n) is 2.95. The van der Waals surface area contributed by atoms with Gasteiger partial charge in [0.2, 0.25) is 0 Å². The number of rotatable bonds is 4. The summed E-state index contributed by atoms with van der Waals surface area (Å²) in [5.41, 5.74) is 0.981. The fourth-order valence-electron chi connectivity index (χ4n) is 1.78. The Morgan fingerprint density at radius 3 is 2.83 bits per heavy atom. The maximum absolute atomic E-state index is 11.3. The van der Waals surface area contributed by atoms with E-state index in [1.54, 1.807) is 12.1 Å². The van der Waals surface area contributed by atoms with E-state index < -0.39 is 5.97 Å². The highest BCUT2D eigenvalue weighted by atomic mass is 16.4. The molecule has 0 fully saturated rings. The molecule has 0 bridgehead atoms. The fraction of sp³-hybridized carbons (Fsp3) is 0.286. The molecule has 0 radical (unpaired) electrons. The van der Waals surface area contributed by atoms with Crippen molar-refractivity contribution in [3.63, 3.8) is 0 Å². The van der Waals surface area contributed by atoms with Crippen molar-refractivity contribution < 1.29 is 9.90 Å². The summed E-state index contributed by atoms with van der Waals surface area (Å²) in [5.74, 6) is -0.318. The van der Waals surface area contributed by atoms with Crippen molar-refractivity contribution >= 4 is 22.7 Å². The number of hydrogen-bond acceptors (Lipinski definition) is 3. The zero-order chi connectivity index (χ0) is 13.1. The molecule has 18 heavy (non-hydrogen) atoms. The molecule has 2 N–H and O–H groups in total. The highest BCUT2D eigenvalue weighted by Gasteiger charge is 2.12. The van der Waals surface area contributed by atoms with Crippen LogP contribution in [0.5, 0.6) is 0 Å². The van der Waals surface area contributed by atoms with Crippen molar-refractivity contribution in [2.75, 3.05) is 5.32 Å². The predicted molar refractivity (Wildman–Crippen MR) is 72.1 cm³/mol. The van der Waals surface area contributed by atoms with Gasteiger partial charge >= 0.3 is 5.97 Å². The van der Waals surface area contributed by atoms with Crippen molar-refractivity contribution in [2.24, 2.45) is 0 Å². The van der Waals surface area contributed by atoms with E-state index in [4.69, 9.17) is 0 Å². The van der Waals surface area contributed by atoms with E-state index in [9.17, 15) is 9.90 Å². The summed E-state index contributed by atoms with van der Waals surface area (Å²) in [7, 11) is 0. The second-order valence-corrected chi connectivity index (χ2v) is 4.33. The van der Waals surface area contributed by atoms with Gasteiger partial charge in [0.05, 0.1) is 11.1 Å². The topological polar surface area (TPSA) is 62.2 Å². The normalized spacial score (nSPS) is 12.3. The van der Waals surface area contributed by atoms with E-state index in [0.29, 0.717) is 16.7 Å². The SMILES string of the molecule is CCC(C)Nc1cc(C(=O)O)c2ccccc2n1. The zero-order valence-electron chi connectivity index (χ0n) is 10.5. The van der Waals surface area contributed by atoms with Gasteiger partial charge < -0.3 is 10.4 Å². The Kier molecular flexibility index (Phi) is 3.46. The standard InChI is InChI=1S/C14H16N2O2/c1-3-9(2)15-13-8-11(14(17)18)10-6-4-5-7-12(10)16-13/h4-9H,3H2,1-2H3,(H,15,16)(H,17,18). The van der Waals surface area contributed by atoms with Crippen LogP contribution in [0.2, 0.25) is 0 Å². The summed E-state index contributed by atoms with van der Waals surface area (Å²) in [6, 6.07) is 9.13. The number of aromatic nitrogens is 1. The summed E-state index contributed by atoms with van der Waals surface area (Å²) in [6.07, 6.45) is 0.955. The van der Waals surface area contributed by atoms with Crippen molar-refractivity contribution in [1.29, 1.82) is 0 Å². The minimum absolute atomic E-state index is 0.264. The first kappa shape index (κ1) is 12.4. The quantitative estimate of drug-likeness (QED) is 0.867. The van der Waals surface area contributed by atoms with E-state index in [0.717, 1.165) is 6.42 Å². The molecule has 1 atom stereocenters. The lowest BCUT2D eigenvalue weighted by Gasteiger charge is -2.13. The summed E-state index contributed by atoms with van der Waals surface area (Å²) in [5, 5.41) is 13.1. The van der Waals surface area contributed by atoms with Crippen LogP contribution in [0.25, 0.3) is 10.9 Å². The average molecular weight is 244 g/mol. The molecule has 94 valence electrons. The molecule has 1 heterocycles. The Hall–Kier alpha value is -2.10. The highest BCUT2D eigenvalue weighted by Crippen LogP contribution is 2.21. The zero-order valence-corrected chi connectivity index (χ0v) is 10.5. The number of nitrogens with one attached hydrogen (secondary N) is 1. The second kappa shape index (κ2) is 5.04. The van der Waals surface area contributed by atoms with Gasteiger partial charge in [0, 0.05) is 11.4 Å². The molecule has 1 aromatic heterocycles. The van der Waals surface area contributed by atoms with Crippen LogP contribution >= 0.6 is 0 Å². The third kappa shape index (κ3) is 2.42. The number of carboxylic acids is 1. The van der Waals surface area contributed by atoms with Crippen LogP contribution in [0.1, 0.15) is 30.6 Å². The number of para-hydroxylation sites is 1. The summed E-state index contributed by atoms with van der Waals surface area (Å²) >= 11 is 0. The molecule has 0 saturated heterocycles. The molecule has 2 rings (SSSR count). The molecule has 0 spiro atoms. The fourth-order valence-corrected chi connectivity index (χ4v) is 1.78. The summed E-state index contributed by atoms with van der Waals surface area (Å²) in [4.78, 5) is 15.7. The predicted octanol–water partition coefficient (Wildman–Crippen LogP) is 3.14. The number of fused-ring (bicyclic) bond motifs is 1. The molecule has 0 saturated carbocycles. The molecular formula is C14H16N2O2. The van der Waals surface area contributed by atoms with Gasteiger partial charge in [0.1, 0.15) is 5.82 Å². The minimum Gasteiger partial charge on any atom is -0.478 e. The smallest absolute Gasteiger partial charge is 0.336 e. The molecule has 1 aromatic carbocycles. The molecule has 0 amide bonds. The van der Waals surface area contributed by atoms with Gasteiger partial charge in [-0.2, -0.15) is 0 Å². The number of carbonyl (C=O) groups is 1. The minimum atomic E-state index is -0.930. The lowest BCUT2D eigenvalue weighted by Crippen LogP contribution is -2.15. The molecule has 4 heteroatoms. The maximum Gasteiger partial charge on any atom is 0.336 e. The maximum atomic E-state index is 11.3. The number of hydrogen-bond donors (Lipinski definition) is 2. The van der Waals surface area contributed by atoms with Crippen molar-refractivity contribution in [3.8, 4) is 0 Å². The Morgan fingerprint density at radius 1 is 1.44 bits per heavy atom. The van der Waals surface area contributed by atoms with Gasteiger partial charge in [-0.3, -0.25) is 0 Å². The van der Waals surface area contributed by atoms with E-state index in [2.05, 4.69) is 17.2 Å². The van der Waals surface area contributed by atoms with Crippen LogP contribution in [0.4, 0.5) is 5.82 Å². The number of pyridine rings is 1. The van der Waals surface area contributed by atoms with Crippen LogP contribution in [0, 0.1) is 0 Å². The molecule has 0 aliphatic heterocycles. The van der Waals surface area contributed by atoms with Crippen LogP contribution in [0.15, 0.2) is 30.3 Å². The van der Waals surface area contributed by atoms with Crippen LogP contribution in [-0.4, -0.2) is 22.1 Å². The number of aromatic carboxylic acids is 1. The number of nitrogens with zero attached hydrogens (tertiary/aromatic N) is 1. The first-order valence-corrected chi connectivity index (χ1v) is 6.01. The van der Waals surface area contributed by atoms with Gasteiger partial charge in [-0.25, -0.2) is 9.78 Å². The Morgan fingerprint density at radius 2 is 2.17 bits per heavy atom. The monoisotopic (exact) mass is 244 g/mol. The van der Waals surface area contributed by atoms with E-state index in [-0.39, 0.29) is 11.6 Å². The largest absolute Gasteiger partial charge is 0.478 e. The van der Waals surface area contributed by atoms with Crippen molar-refractivity contribution in [1.82, 2.24) is 4.98 Å². The summed E-state index contributed by atoms with van der Waals surface area (Å²) in [6.45, 7) is 4.11. The van der Waals surface area contributed by atoms with E-state index in [1.165, 1.54) is 0 Å². The Labute approximate surface area is 106 Å². The molecular weight excluding hydrogens is 228 g/mol. The highest BCUT2D eigenvalue weighted by molar-refractivity contribution is 6.03. The molecule has 4 nitrogen and oxygen atoms in total. The van der Waals surface area contributed by atoms with Gasteiger partial charge in [0.25, 0.3) is 0 Å². The van der Waals surface area contributed by atoms with Crippen LogP contribution < -0.4 is 5.32 Å². The molecule has 2 aromatic rings. The van der Waals surface area contributed by atoms with Crippen molar-refractivity contribution in [2.45, 2.75) is 26.3 Å². The van der Waals surface area contributed by atoms with Crippen molar-refractivity contribution in [3.05, 3.63) is 35.9 Å². The summed E-state index contributed by atoms with van der Waals surface area (Å²) < 4.78 is 0. The second-order valence-electron chi connectivity index (χ2n) is 4.33. The molecule has 0 aliphatic carbocycles.